The molecule has 2 heterocycles. The fourth-order valence-corrected chi connectivity index (χ4v) is 1.75. The van der Waals surface area contributed by atoms with Crippen molar-refractivity contribution in [2.75, 3.05) is 24.3 Å². The van der Waals surface area contributed by atoms with Gasteiger partial charge in [-0.05, 0) is 18.2 Å². The first-order valence-corrected chi connectivity index (χ1v) is 6.00. The number of hydrogen-bond donors (Lipinski definition) is 1. The van der Waals surface area contributed by atoms with Crippen LogP contribution in [-0.4, -0.2) is 30.0 Å². The van der Waals surface area contributed by atoms with Crippen molar-refractivity contribution in [1.29, 1.82) is 0 Å². The second kappa shape index (κ2) is 5.67. The zero-order valence-corrected chi connectivity index (χ0v) is 11.3. The Morgan fingerprint density at radius 3 is 2.79 bits per heavy atom. The van der Waals surface area contributed by atoms with Crippen LogP contribution in [0.3, 0.4) is 0 Å². The summed E-state index contributed by atoms with van der Waals surface area (Å²) in [4.78, 5) is 21.9. The number of pyridine rings is 2. The second-order valence-electron chi connectivity index (χ2n) is 4.10. The summed E-state index contributed by atoms with van der Waals surface area (Å²) in [6, 6.07) is 4.96. The number of carbonyl (C=O) groups is 1. The van der Waals surface area contributed by atoms with Crippen molar-refractivity contribution in [1.82, 2.24) is 9.97 Å². The van der Waals surface area contributed by atoms with Gasteiger partial charge in [-0.25, -0.2) is 0 Å². The smallest absolute Gasteiger partial charge is 0.274 e. The highest BCUT2D eigenvalue weighted by atomic mass is 35.5. The third kappa shape index (κ3) is 3.20. The lowest BCUT2D eigenvalue weighted by atomic mass is 10.3. The van der Waals surface area contributed by atoms with Gasteiger partial charge in [-0.3, -0.25) is 14.8 Å². The summed E-state index contributed by atoms with van der Waals surface area (Å²) in [6.45, 7) is 0. The van der Waals surface area contributed by atoms with Gasteiger partial charge in [-0.15, -0.1) is 0 Å². The van der Waals surface area contributed by atoms with E-state index in [0.29, 0.717) is 10.7 Å². The first-order chi connectivity index (χ1) is 9.08. The van der Waals surface area contributed by atoms with Gasteiger partial charge >= 0.3 is 0 Å². The molecule has 6 heteroatoms. The maximum atomic E-state index is 12.1. The van der Waals surface area contributed by atoms with Gasteiger partial charge in [0.1, 0.15) is 5.69 Å². The SMILES string of the molecule is CN(C)c1ccncc1NC(=O)c1cc(Cl)ccn1. The van der Waals surface area contributed by atoms with E-state index in [1.165, 1.54) is 12.3 Å². The summed E-state index contributed by atoms with van der Waals surface area (Å²) >= 11 is 5.83. The van der Waals surface area contributed by atoms with Crippen LogP contribution in [0.5, 0.6) is 0 Å². The van der Waals surface area contributed by atoms with Crippen molar-refractivity contribution in [3.05, 3.63) is 47.5 Å². The molecule has 0 saturated carbocycles. The molecule has 5 nitrogen and oxygen atoms in total. The molecule has 0 unspecified atom stereocenters. The molecule has 0 saturated heterocycles. The number of carbonyl (C=O) groups excluding carboxylic acids is 1. The molecular weight excluding hydrogens is 264 g/mol. The minimum Gasteiger partial charge on any atom is -0.376 e. The molecule has 19 heavy (non-hydrogen) atoms. The molecule has 1 amide bonds. The standard InChI is InChI=1S/C13H13ClN4O/c1-18(2)12-4-5-15-8-11(12)17-13(19)10-7-9(14)3-6-16-10/h3-8H,1-2H3,(H,17,19). The van der Waals surface area contributed by atoms with Crippen molar-refractivity contribution in [3.63, 3.8) is 0 Å². The van der Waals surface area contributed by atoms with Crippen LogP contribution in [0.2, 0.25) is 5.02 Å². The molecule has 0 bridgehead atoms. The topological polar surface area (TPSA) is 58.1 Å². The Morgan fingerprint density at radius 1 is 1.32 bits per heavy atom. The minimum atomic E-state index is -0.321. The van der Waals surface area contributed by atoms with Crippen LogP contribution in [0.1, 0.15) is 10.5 Å². The second-order valence-corrected chi connectivity index (χ2v) is 4.54. The van der Waals surface area contributed by atoms with Crippen LogP contribution in [0.4, 0.5) is 11.4 Å². The molecule has 98 valence electrons. The molecule has 0 aromatic carbocycles. The molecule has 0 atom stereocenters. The molecule has 0 radical (unpaired) electrons. The Labute approximate surface area is 116 Å². The minimum absolute atomic E-state index is 0.265. The number of halogens is 1. The van der Waals surface area contributed by atoms with E-state index in [0.717, 1.165) is 5.69 Å². The van der Waals surface area contributed by atoms with Crippen molar-refractivity contribution in [3.8, 4) is 0 Å². The molecule has 2 rings (SSSR count). The number of aromatic nitrogens is 2. The average molecular weight is 277 g/mol. The van der Waals surface area contributed by atoms with Crippen molar-refractivity contribution in [2.24, 2.45) is 0 Å². The quantitative estimate of drug-likeness (QED) is 0.935. The van der Waals surface area contributed by atoms with Crippen molar-refractivity contribution < 1.29 is 4.79 Å². The Morgan fingerprint density at radius 2 is 2.11 bits per heavy atom. The van der Waals surface area contributed by atoms with Crippen LogP contribution >= 0.6 is 11.6 Å². The van der Waals surface area contributed by atoms with Crippen LogP contribution in [-0.2, 0) is 0 Å². The predicted octanol–water partition coefficient (Wildman–Crippen LogP) is 2.45. The Hall–Kier alpha value is -2.14. The third-order valence-electron chi connectivity index (χ3n) is 2.48. The van der Waals surface area contributed by atoms with E-state index in [9.17, 15) is 4.79 Å². The molecule has 0 spiro atoms. The molecule has 2 aromatic heterocycles. The van der Waals surface area contributed by atoms with Crippen molar-refractivity contribution >= 4 is 28.9 Å². The van der Waals surface area contributed by atoms with Gasteiger partial charge in [-0.1, -0.05) is 11.6 Å². The molecular formula is C13H13ClN4O. The molecule has 0 aliphatic rings. The highest BCUT2D eigenvalue weighted by molar-refractivity contribution is 6.31. The van der Waals surface area contributed by atoms with Crippen LogP contribution in [0, 0.1) is 0 Å². The highest BCUT2D eigenvalue weighted by Gasteiger charge is 2.11. The van der Waals surface area contributed by atoms with Gasteiger partial charge in [0, 0.05) is 31.5 Å². The number of rotatable bonds is 3. The van der Waals surface area contributed by atoms with Gasteiger partial charge in [0.15, 0.2) is 0 Å². The predicted molar refractivity (Wildman–Crippen MR) is 75.8 cm³/mol. The first kappa shape index (κ1) is 13.3. The van der Waals surface area contributed by atoms with Gasteiger partial charge in [0.2, 0.25) is 0 Å². The maximum absolute atomic E-state index is 12.1. The van der Waals surface area contributed by atoms with Crippen molar-refractivity contribution in [2.45, 2.75) is 0 Å². The number of amides is 1. The van der Waals surface area contributed by atoms with Crippen LogP contribution in [0.15, 0.2) is 36.8 Å². The zero-order valence-electron chi connectivity index (χ0n) is 10.6. The van der Waals surface area contributed by atoms with Crippen LogP contribution in [0.25, 0.3) is 0 Å². The maximum Gasteiger partial charge on any atom is 0.274 e. The lowest BCUT2D eigenvalue weighted by Crippen LogP contribution is -2.17. The number of nitrogens with one attached hydrogen (secondary N) is 1. The van der Waals surface area contributed by atoms with Gasteiger partial charge in [0.25, 0.3) is 5.91 Å². The Balaban J connectivity index is 2.24. The number of hydrogen-bond acceptors (Lipinski definition) is 4. The van der Waals surface area contributed by atoms with E-state index >= 15 is 0 Å². The summed E-state index contributed by atoms with van der Waals surface area (Å²) in [5.74, 6) is -0.321. The zero-order chi connectivity index (χ0) is 13.8. The fourth-order valence-electron chi connectivity index (χ4n) is 1.59. The Bertz CT molecular complexity index is 601. The van der Waals surface area contributed by atoms with Crippen LogP contribution < -0.4 is 10.2 Å². The molecule has 2 aromatic rings. The van der Waals surface area contributed by atoms with E-state index in [1.807, 2.05) is 25.1 Å². The van der Waals surface area contributed by atoms with Gasteiger partial charge in [-0.2, -0.15) is 0 Å². The average Bonchev–Trinajstić information content (AvgIpc) is 2.39. The molecule has 0 aliphatic carbocycles. The van der Waals surface area contributed by atoms with E-state index in [-0.39, 0.29) is 11.6 Å². The number of anilines is 2. The summed E-state index contributed by atoms with van der Waals surface area (Å²) in [6.07, 6.45) is 4.76. The monoisotopic (exact) mass is 276 g/mol. The van der Waals surface area contributed by atoms with E-state index in [1.54, 1.807) is 18.5 Å². The highest BCUT2D eigenvalue weighted by Crippen LogP contribution is 2.22. The lowest BCUT2D eigenvalue weighted by Gasteiger charge is -2.17. The largest absolute Gasteiger partial charge is 0.376 e. The summed E-state index contributed by atoms with van der Waals surface area (Å²) in [7, 11) is 3.78. The molecule has 0 fully saturated rings. The first-order valence-electron chi connectivity index (χ1n) is 5.62. The Kier molecular flexibility index (Phi) is 3.97. The molecule has 1 N–H and O–H groups in total. The lowest BCUT2D eigenvalue weighted by molar-refractivity contribution is 0.102. The van der Waals surface area contributed by atoms with Gasteiger partial charge < -0.3 is 10.2 Å². The summed E-state index contributed by atoms with van der Waals surface area (Å²) in [5, 5.41) is 3.24. The number of nitrogens with zero attached hydrogens (tertiary/aromatic N) is 3. The molecule has 0 aliphatic heterocycles. The fraction of sp³-hybridized carbons (Fsp3) is 0.154. The van der Waals surface area contributed by atoms with E-state index in [4.69, 9.17) is 11.6 Å². The van der Waals surface area contributed by atoms with Gasteiger partial charge in [0.05, 0.1) is 17.6 Å². The third-order valence-corrected chi connectivity index (χ3v) is 2.72. The summed E-state index contributed by atoms with van der Waals surface area (Å²) in [5.41, 5.74) is 1.76. The van der Waals surface area contributed by atoms with E-state index < -0.39 is 0 Å². The summed E-state index contributed by atoms with van der Waals surface area (Å²) < 4.78 is 0. The van der Waals surface area contributed by atoms with E-state index in [2.05, 4.69) is 15.3 Å². The normalized spacial score (nSPS) is 10.1.